The topological polar surface area (TPSA) is 65.0 Å². The van der Waals surface area contributed by atoms with Crippen LogP contribution in [0.25, 0.3) is 0 Å². The van der Waals surface area contributed by atoms with Crippen molar-refractivity contribution < 1.29 is 14.6 Å². The molecular weight excluding hydrogens is 318 g/mol. The van der Waals surface area contributed by atoms with Crippen LogP contribution in [-0.4, -0.2) is 72.8 Å². The molecule has 25 heavy (non-hydrogen) atoms. The highest BCUT2D eigenvalue weighted by Gasteiger charge is 2.27. The number of nitrogens with one attached hydrogen (secondary N) is 1. The van der Waals surface area contributed by atoms with Gasteiger partial charge in [-0.15, -0.1) is 0 Å². The second-order valence-electron chi connectivity index (χ2n) is 6.77. The van der Waals surface area contributed by atoms with Crippen LogP contribution < -0.4 is 10.1 Å². The lowest BCUT2D eigenvalue weighted by Gasteiger charge is -2.41. The molecule has 2 atom stereocenters. The smallest absolute Gasteiger partial charge is 0.234 e. The third-order valence-electron chi connectivity index (χ3n) is 4.65. The van der Waals surface area contributed by atoms with Crippen molar-refractivity contribution in [3.8, 4) is 5.75 Å². The maximum absolute atomic E-state index is 12.3. The summed E-state index contributed by atoms with van der Waals surface area (Å²) < 4.78 is 5.20. The highest BCUT2D eigenvalue weighted by molar-refractivity contribution is 5.78. The molecule has 0 spiro atoms. The first kappa shape index (κ1) is 19.7. The van der Waals surface area contributed by atoms with Crippen LogP contribution in [-0.2, 0) is 11.3 Å². The normalized spacial score (nSPS) is 20.2. The van der Waals surface area contributed by atoms with Gasteiger partial charge in [-0.25, -0.2) is 0 Å². The van der Waals surface area contributed by atoms with Crippen LogP contribution in [0.15, 0.2) is 24.3 Å². The Morgan fingerprint density at radius 3 is 2.92 bits per heavy atom. The van der Waals surface area contributed by atoms with Gasteiger partial charge in [0.05, 0.1) is 19.8 Å². The Bertz CT molecular complexity index is 550. The monoisotopic (exact) mass is 349 g/mol. The molecule has 1 saturated heterocycles. The van der Waals surface area contributed by atoms with Crippen molar-refractivity contribution in [3.05, 3.63) is 29.8 Å². The largest absolute Gasteiger partial charge is 0.497 e. The predicted molar refractivity (Wildman–Crippen MR) is 98.6 cm³/mol. The number of amides is 1. The zero-order chi connectivity index (χ0) is 18.2. The molecule has 1 fully saturated rings. The average molecular weight is 349 g/mol. The van der Waals surface area contributed by atoms with E-state index in [9.17, 15) is 9.90 Å². The number of methoxy groups -OCH3 is 1. The van der Waals surface area contributed by atoms with Crippen molar-refractivity contribution >= 4 is 5.91 Å². The van der Waals surface area contributed by atoms with Crippen LogP contribution in [0.3, 0.4) is 0 Å². The number of β-amino-alcohol motifs (C(OH)–C–C–N with tert-alkyl or cyclic N) is 1. The molecule has 2 unspecified atom stereocenters. The highest BCUT2D eigenvalue weighted by Crippen LogP contribution is 2.14. The summed E-state index contributed by atoms with van der Waals surface area (Å²) in [5.41, 5.74) is 1.03. The molecule has 1 aromatic carbocycles. The molecule has 1 aliphatic heterocycles. The summed E-state index contributed by atoms with van der Waals surface area (Å²) in [7, 11) is 1.64. The van der Waals surface area contributed by atoms with Crippen LogP contribution in [0.5, 0.6) is 5.75 Å². The number of carbonyl (C=O) groups is 1. The molecule has 140 valence electrons. The summed E-state index contributed by atoms with van der Waals surface area (Å²) in [5, 5.41) is 12.6. The van der Waals surface area contributed by atoms with Crippen molar-refractivity contribution in [2.75, 3.05) is 39.8 Å². The first-order valence-corrected chi connectivity index (χ1v) is 9.06. The summed E-state index contributed by atoms with van der Waals surface area (Å²) in [6.07, 6.45) is 0.709. The number of carbonyl (C=O) groups excluding carboxylic acids is 1. The van der Waals surface area contributed by atoms with Crippen molar-refractivity contribution in [1.29, 1.82) is 0 Å². The number of hydrogen-bond donors (Lipinski definition) is 2. The Hall–Kier alpha value is -1.63. The molecule has 2 rings (SSSR count). The Labute approximate surface area is 150 Å². The molecule has 0 saturated carbocycles. The first-order chi connectivity index (χ1) is 12.0. The number of piperazine rings is 1. The van der Waals surface area contributed by atoms with E-state index in [1.165, 1.54) is 0 Å². The van der Waals surface area contributed by atoms with Crippen molar-refractivity contribution in [1.82, 2.24) is 15.1 Å². The van der Waals surface area contributed by atoms with Gasteiger partial charge in [-0.1, -0.05) is 19.1 Å². The van der Waals surface area contributed by atoms with Gasteiger partial charge >= 0.3 is 0 Å². The van der Waals surface area contributed by atoms with E-state index in [2.05, 4.69) is 22.0 Å². The Morgan fingerprint density at radius 1 is 1.44 bits per heavy atom. The van der Waals surface area contributed by atoms with E-state index in [0.29, 0.717) is 25.7 Å². The fraction of sp³-hybridized carbons (Fsp3) is 0.632. The summed E-state index contributed by atoms with van der Waals surface area (Å²) in [6, 6.07) is 8.12. The van der Waals surface area contributed by atoms with E-state index < -0.39 is 0 Å². The van der Waals surface area contributed by atoms with Gasteiger partial charge in [0.1, 0.15) is 5.75 Å². The summed E-state index contributed by atoms with van der Waals surface area (Å²) in [5.74, 6) is 0.841. The standard InChI is InChI=1S/C19H31N3O3/c1-4-17-13-21(8-9-22(17)12-15(2)23)14-19(24)20-11-16-6-5-7-18(10-16)25-3/h5-7,10,15,17,23H,4,8-9,11-14H2,1-3H3,(H,20,24). The molecule has 1 aliphatic rings. The summed E-state index contributed by atoms with van der Waals surface area (Å²) >= 11 is 0. The van der Waals surface area contributed by atoms with Crippen LogP contribution in [0, 0.1) is 0 Å². The number of rotatable bonds is 8. The second-order valence-corrected chi connectivity index (χ2v) is 6.77. The number of aliphatic hydroxyl groups excluding tert-OH is 1. The van der Waals surface area contributed by atoms with Gasteiger partial charge in [-0.05, 0) is 31.0 Å². The lowest BCUT2D eigenvalue weighted by atomic mass is 10.1. The van der Waals surface area contributed by atoms with Gasteiger partial charge in [0.25, 0.3) is 0 Å². The maximum Gasteiger partial charge on any atom is 0.234 e. The van der Waals surface area contributed by atoms with Crippen LogP contribution in [0.4, 0.5) is 0 Å². The fourth-order valence-electron chi connectivity index (χ4n) is 3.31. The number of hydrogen-bond acceptors (Lipinski definition) is 5. The molecule has 1 heterocycles. The van der Waals surface area contributed by atoms with Crippen LogP contribution >= 0.6 is 0 Å². The zero-order valence-corrected chi connectivity index (χ0v) is 15.6. The fourth-order valence-corrected chi connectivity index (χ4v) is 3.31. The average Bonchev–Trinajstić information content (AvgIpc) is 2.61. The SMILES string of the molecule is CCC1CN(CC(=O)NCc2cccc(OC)c2)CCN1CC(C)O. The van der Waals surface area contributed by atoms with Crippen molar-refractivity contribution in [2.24, 2.45) is 0 Å². The van der Waals surface area contributed by atoms with Gasteiger partial charge in [-0.3, -0.25) is 14.6 Å². The summed E-state index contributed by atoms with van der Waals surface area (Å²) in [4.78, 5) is 16.8. The summed E-state index contributed by atoms with van der Waals surface area (Å²) in [6.45, 7) is 8.24. The molecule has 6 nitrogen and oxygen atoms in total. The van der Waals surface area contributed by atoms with E-state index in [1.807, 2.05) is 31.2 Å². The first-order valence-electron chi connectivity index (χ1n) is 9.06. The number of benzene rings is 1. The zero-order valence-electron chi connectivity index (χ0n) is 15.6. The molecule has 1 amide bonds. The Balaban J connectivity index is 1.78. The van der Waals surface area contributed by atoms with Crippen molar-refractivity contribution in [2.45, 2.75) is 39.0 Å². The molecular formula is C19H31N3O3. The molecule has 0 radical (unpaired) electrons. The van der Waals surface area contributed by atoms with Gasteiger partial charge < -0.3 is 15.2 Å². The van der Waals surface area contributed by atoms with E-state index in [1.54, 1.807) is 7.11 Å². The Kier molecular flexibility index (Phi) is 7.68. The van der Waals surface area contributed by atoms with Gasteiger partial charge in [0.2, 0.25) is 5.91 Å². The van der Waals surface area contributed by atoms with Gasteiger partial charge in [-0.2, -0.15) is 0 Å². The number of ether oxygens (including phenoxy) is 1. The Morgan fingerprint density at radius 2 is 2.24 bits per heavy atom. The molecule has 0 bridgehead atoms. The predicted octanol–water partition coefficient (Wildman–Crippen LogP) is 1.09. The maximum atomic E-state index is 12.3. The van der Waals surface area contributed by atoms with E-state index in [0.717, 1.165) is 37.4 Å². The van der Waals surface area contributed by atoms with Crippen LogP contribution in [0.2, 0.25) is 0 Å². The molecule has 2 N–H and O–H groups in total. The molecule has 0 aromatic heterocycles. The van der Waals surface area contributed by atoms with E-state index in [-0.39, 0.29) is 12.0 Å². The van der Waals surface area contributed by atoms with Crippen molar-refractivity contribution in [3.63, 3.8) is 0 Å². The molecule has 6 heteroatoms. The lowest BCUT2D eigenvalue weighted by molar-refractivity contribution is -0.123. The quantitative estimate of drug-likeness (QED) is 0.735. The molecule has 1 aromatic rings. The third kappa shape index (κ3) is 6.30. The van der Waals surface area contributed by atoms with E-state index in [4.69, 9.17) is 4.74 Å². The van der Waals surface area contributed by atoms with Gasteiger partial charge in [0, 0.05) is 38.8 Å². The third-order valence-corrected chi connectivity index (χ3v) is 4.65. The highest BCUT2D eigenvalue weighted by atomic mass is 16.5. The minimum absolute atomic E-state index is 0.0432. The lowest BCUT2D eigenvalue weighted by Crippen LogP contribution is -2.55. The van der Waals surface area contributed by atoms with Crippen LogP contribution in [0.1, 0.15) is 25.8 Å². The number of nitrogens with zero attached hydrogens (tertiary/aromatic N) is 2. The van der Waals surface area contributed by atoms with E-state index >= 15 is 0 Å². The van der Waals surface area contributed by atoms with Gasteiger partial charge in [0.15, 0.2) is 0 Å². The minimum atomic E-state index is -0.313. The number of aliphatic hydroxyl groups is 1. The second kappa shape index (κ2) is 9.75. The molecule has 0 aliphatic carbocycles. The minimum Gasteiger partial charge on any atom is -0.497 e.